The molecule has 0 spiro atoms. The van der Waals surface area contributed by atoms with E-state index < -0.39 is 0 Å². The highest BCUT2D eigenvalue weighted by Crippen LogP contribution is 2.29. The first-order chi connectivity index (χ1) is 14.6. The predicted octanol–water partition coefficient (Wildman–Crippen LogP) is 5.03. The predicted molar refractivity (Wildman–Crippen MR) is 119 cm³/mol. The molecule has 1 N–H and O–H groups in total. The fourth-order valence-electron chi connectivity index (χ4n) is 2.79. The smallest absolute Gasteiger partial charge is 0.234 e. The summed E-state index contributed by atoms with van der Waals surface area (Å²) in [6.45, 7) is 0. The molecule has 2 aromatic heterocycles. The number of carbonyl (C=O) groups excluding carboxylic acids is 1. The van der Waals surface area contributed by atoms with E-state index in [1.165, 1.54) is 11.8 Å². The number of halogens is 1. The Hall–Kier alpha value is -3.04. The Balaban J connectivity index is 1.57. The molecule has 7 nitrogen and oxygen atoms in total. The lowest BCUT2D eigenvalue weighted by atomic mass is 10.3. The lowest BCUT2D eigenvalue weighted by Crippen LogP contribution is -2.14. The van der Waals surface area contributed by atoms with E-state index in [4.69, 9.17) is 9.15 Å². The lowest BCUT2D eigenvalue weighted by molar-refractivity contribution is -0.113. The maximum Gasteiger partial charge on any atom is 0.234 e. The zero-order valence-corrected chi connectivity index (χ0v) is 18.3. The van der Waals surface area contributed by atoms with Crippen LogP contribution in [-0.4, -0.2) is 33.5 Å². The fourth-order valence-corrected chi connectivity index (χ4v) is 3.94. The molecule has 4 aromatic rings. The highest BCUT2D eigenvalue weighted by molar-refractivity contribution is 9.10. The van der Waals surface area contributed by atoms with Gasteiger partial charge in [0.15, 0.2) is 10.9 Å². The average Bonchev–Trinajstić information content (AvgIpc) is 3.42. The number of hydrogen-bond acceptors (Lipinski definition) is 6. The van der Waals surface area contributed by atoms with E-state index >= 15 is 0 Å². The molecule has 0 aliphatic rings. The number of rotatable bonds is 7. The van der Waals surface area contributed by atoms with Crippen LogP contribution in [0.15, 0.2) is 81.0 Å². The van der Waals surface area contributed by atoms with Crippen molar-refractivity contribution in [1.29, 1.82) is 0 Å². The van der Waals surface area contributed by atoms with Crippen molar-refractivity contribution in [3.8, 4) is 23.0 Å². The highest BCUT2D eigenvalue weighted by atomic mass is 79.9. The Labute approximate surface area is 185 Å². The molecule has 30 heavy (non-hydrogen) atoms. The third kappa shape index (κ3) is 4.58. The number of benzene rings is 2. The Kier molecular flexibility index (Phi) is 6.20. The summed E-state index contributed by atoms with van der Waals surface area (Å²) in [7, 11) is 1.62. The molecule has 0 saturated heterocycles. The van der Waals surface area contributed by atoms with Gasteiger partial charge in [0.05, 0.1) is 24.8 Å². The maximum atomic E-state index is 12.4. The molecular formula is C21H17BrN4O3S. The number of anilines is 1. The van der Waals surface area contributed by atoms with Crippen LogP contribution >= 0.6 is 27.7 Å². The molecule has 9 heteroatoms. The van der Waals surface area contributed by atoms with Crippen molar-refractivity contribution >= 4 is 39.3 Å². The fraction of sp³-hybridized carbons (Fsp3) is 0.0952. The molecule has 1 amide bonds. The van der Waals surface area contributed by atoms with E-state index in [9.17, 15) is 4.79 Å². The Bertz CT molecular complexity index is 1140. The van der Waals surface area contributed by atoms with Crippen LogP contribution in [-0.2, 0) is 4.79 Å². The third-order valence-electron chi connectivity index (χ3n) is 4.15. The van der Waals surface area contributed by atoms with Crippen LogP contribution in [0, 0.1) is 0 Å². The minimum absolute atomic E-state index is 0.137. The number of nitrogens with zero attached hydrogens (tertiary/aromatic N) is 3. The maximum absolute atomic E-state index is 12.4. The summed E-state index contributed by atoms with van der Waals surface area (Å²) >= 11 is 4.69. The molecular weight excluding hydrogens is 468 g/mol. The molecule has 2 aromatic carbocycles. The van der Waals surface area contributed by atoms with Crippen LogP contribution in [0.25, 0.3) is 17.3 Å². The SMILES string of the molecule is COc1ccc(-n2c(SCC(=O)Nc3cccc(Br)c3)nnc2-c2ccco2)cc1. The lowest BCUT2D eigenvalue weighted by Gasteiger charge is -2.10. The summed E-state index contributed by atoms with van der Waals surface area (Å²) in [4.78, 5) is 12.4. The Morgan fingerprint density at radius 3 is 2.70 bits per heavy atom. The van der Waals surface area contributed by atoms with Gasteiger partial charge in [-0.05, 0) is 54.6 Å². The summed E-state index contributed by atoms with van der Waals surface area (Å²) in [6, 6.07) is 18.6. The first-order valence-corrected chi connectivity index (χ1v) is 10.7. The van der Waals surface area contributed by atoms with Gasteiger partial charge in [0.1, 0.15) is 5.75 Å². The minimum atomic E-state index is -0.137. The molecule has 0 aliphatic carbocycles. The molecule has 152 valence electrons. The first-order valence-electron chi connectivity index (χ1n) is 8.96. The summed E-state index contributed by atoms with van der Waals surface area (Å²) in [5, 5.41) is 12.0. The van der Waals surface area contributed by atoms with E-state index in [2.05, 4.69) is 31.4 Å². The van der Waals surface area contributed by atoms with Crippen molar-refractivity contribution in [3.05, 3.63) is 71.4 Å². The average molecular weight is 485 g/mol. The van der Waals surface area contributed by atoms with Gasteiger partial charge in [0, 0.05) is 10.2 Å². The monoisotopic (exact) mass is 484 g/mol. The van der Waals surface area contributed by atoms with Crippen LogP contribution in [0.1, 0.15) is 0 Å². The van der Waals surface area contributed by atoms with Gasteiger partial charge in [-0.25, -0.2) is 0 Å². The second kappa shape index (κ2) is 9.19. The van der Waals surface area contributed by atoms with Gasteiger partial charge >= 0.3 is 0 Å². The third-order valence-corrected chi connectivity index (χ3v) is 5.57. The van der Waals surface area contributed by atoms with Crippen molar-refractivity contribution in [1.82, 2.24) is 14.8 Å². The van der Waals surface area contributed by atoms with Crippen molar-refractivity contribution in [2.75, 3.05) is 18.2 Å². The molecule has 0 atom stereocenters. The molecule has 0 unspecified atom stereocenters. The van der Waals surface area contributed by atoms with Gasteiger partial charge in [0.25, 0.3) is 0 Å². The number of hydrogen-bond donors (Lipinski definition) is 1. The number of carbonyl (C=O) groups is 1. The molecule has 4 rings (SSSR count). The quantitative estimate of drug-likeness (QED) is 0.370. The number of furan rings is 1. The summed E-state index contributed by atoms with van der Waals surface area (Å²) in [6.07, 6.45) is 1.58. The minimum Gasteiger partial charge on any atom is -0.497 e. The molecule has 0 aliphatic heterocycles. The van der Waals surface area contributed by atoms with E-state index in [1.807, 2.05) is 59.2 Å². The van der Waals surface area contributed by atoms with E-state index in [1.54, 1.807) is 19.4 Å². The Morgan fingerprint density at radius 2 is 2.00 bits per heavy atom. The Morgan fingerprint density at radius 1 is 1.17 bits per heavy atom. The number of nitrogens with one attached hydrogen (secondary N) is 1. The van der Waals surface area contributed by atoms with E-state index in [-0.39, 0.29) is 11.7 Å². The van der Waals surface area contributed by atoms with Gasteiger partial charge in [-0.15, -0.1) is 10.2 Å². The summed E-state index contributed by atoms with van der Waals surface area (Å²) in [5.41, 5.74) is 1.56. The van der Waals surface area contributed by atoms with E-state index in [0.717, 1.165) is 21.6 Å². The number of amides is 1. The summed E-state index contributed by atoms with van der Waals surface area (Å²) in [5.74, 6) is 1.93. The van der Waals surface area contributed by atoms with Gasteiger partial charge in [0.2, 0.25) is 11.7 Å². The van der Waals surface area contributed by atoms with Crippen LogP contribution in [0.3, 0.4) is 0 Å². The van der Waals surface area contributed by atoms with Crippen molar-refractivity contribution in [2.24, 2.45) is 0 Å². The largest absolute Gasteiger partial charge is 0.497 e. The molecule has 2 heterocycles. The number of ether oxygens (including phenoxy) is 1. The normalized spacial score (nSPS) is 10.7. The number of methoxy groups -OCH3 is 1. The highest BCUT2D eigenvalue weighted by Gasteiger charge is 2.19. The second-order valence-corrected chi connectivity index (χ2v) is 8.02. The zero-order chi connectivity index (χ0) is 20.9. The summed E-state index contributed by atoms with van der Waals surface area (Å²) < 4.78 is 13.5. The van der Waals surface area contributed by atoms with Crippen LogP contribution < -0.4 is 10.1 Å². The van der Waals surface area contributed by atoms with Crippen molar-refractivity contribution < 1.29 is 13.9 Å². The number of aromatic nitrogens is 3. The van der Waals surface area contributed by atoms with Gasteiger partial charge in [-0.3, -0.25) is 9.36 Å². The van der Waals surface area contributed by atoms with Crippen LogP contribution in [0.2, 0.25) is 0 Å². The molecule has 0 saturated carbocycles. The van der Waals surface area contributed by atoms with Crippen LogP contribution in [0.4, 0.5) is 5.69 Å². The van der Waals surface area contributed by atoms with Crippen LogP contribution in [0.5, 0.6) is 5.75 Å². The second-order valence-electron chi connectivity index (χ2n) is 6.16. The van der Waals surface area contributed by atoms with Crippen molar-refractivity contribution in [2.45, 2.75) is 5.16 Å². The molecule has 0 fully saturated rings. The molecule has 0 radical (unpaired) electrons. The zero-order valence-electron chi connectivity index (χ0n) is 15.9. The van der Waals surface area contributed by atoms with E-state index in [0.29, 0.717) is 16.7 Å². The molecule has 0 bridgehead atoms. The standard InChI is InChI=1S/C21H17BrN4O3S/c1-28-17-9-7-16(8-10-17)26-20(18-6-3-11-29-18)24-25-21(26)30-13-19(27)23-15-5-2-4-14(22)12-15/h2-12H,13H2,1H3,(H,23,27). The van der Waals surface area contributed by atoms with Gasteiger partial charge < -0.3 is 14.5 Å². The van der Waals surface area contributed by atoms with Gasteiger partial charge in [-0.2, -0.15) is 0 Å². The number of thioether (sulfide) groups is 1. The topological polar surface area (TPSA) is 82.2 Å². The first kappa shape index (κ1) is 20.2. The van der Waals surface area contributed by atoms with Gasteiger partial charge in [-0.1, -0.05) is 33.8 Å². The van der Waals surface area contributed by atoms with Crippen molar-refractivity contribution in [3.63, 3.8) is 0 Å².